The number of epoxide rings is 1. The molecule has 0 amide bonds. The summed E-state index contributed by atoms with van der Waals surface area (Å²) < 4.78 is 12.3. The maximum atomic E-state index is 6.51. The van der Waals surface area contributed by atoms with E-state index in [4.69, 9.17) is 9.47 Å². The summed E-state index contributed by atoms with van der Waals surface area (Å²) in [5, 5.41) is 0. The molecule has 3 fully saturated rings. The van der Waals surface area contributed by atoms with Gasteiger partial charge in [-0.15, -0.1) is 0 Å². The molecule has 1 saturated heterocycles. The Morgan fingerprint density at radius 1 is 1.05 bits per heavy atom. The summed E-state index contributed by atoms with van der Waals surface area (Å²) in [6.45, 7) is 12.6. The fourth-order valence-corrected chi connectivity index (χ4v) is 5.29. The number of fused-ring (bicyclic) bond motifs is 2. The van der Waals surface area contributed by atoms with E-state index in [-0.39, 0.29) is 0 Å². The van der Waals surface area contributed by atoms with Gasteiger partial charge in [0.05, 0.1) is 24.9 Å². The summed E-state index contributed by atoms with van der Waals surface area (Å²) in [4.78, 5) is 0. The van der Waals surface area contributed by atoms with Crippen molar-refractivity contribution in [3.63, 3.8) is 0 Å². The third-order valence-corrected chi connectivity index (χ3v) is 7.42. The van der Waals surface area contributed by atoms with Gasteiger partial charge in [-0.1, -0.05) is 27.7 Å². The average molecular weight is 294 g/mol. The molecular formula is C19H34O2. The number of hydrogen-bond acceptors (Lipinski definition) is 2. The molecule has 3 rings (SSSR count). The normalized spacial score (nSPS) is 45.3. The molecule has 0 aromatic rings. The molecule has 1 aliphatic heterocycles. The van der Waals surface area contributed by atoms with Crippen molar-refractivity contribution in [2.45, 2.75) is 85.0 Å². The summed E-state index contributed by atoms with van der Waals surface area (Å²) in [6.07, 6.45) is 7.96. The van der Waals surface area contributed by atoms with E-state index in [0.29, 0.717) is 23.7 Å². The van der Waals surface area contributed by atoms with Gasteiger partial charge in [-0.3, -0.25) is 0 Å². The lowest BCUT2D eigenvalue weighted by atomic mass is 9.76. The van der Waals surface area contributed by atoms with Gasteiger partial charge in [-0.2, -0.15) is 0 Å². The van der Waals surface area contributed by atoms with Crippen LogP contribution in [0.2, 0.25) is 0 Å². The molecule has 0 spiro atoms. The standard InChI is InChI=1S/C19H34O2/c1-6-19(7-2,8-3)11-20-16-10-14-9-15(16)17(12(14)4)18-13(5)21-18/h12-18H,6-11H2,1-5H3/t12?,13-,14?,15?,16?,17?,18?/m1/s1. The molecule has 21 heavy (non-hydrogen) atoms. The molecule has 0 aromatic carbocycles. The van der Waals surface area contributed by atoms with E-state index in [2.05, 4.69) is 34.6 Å². The van der Waals surface area contributed by atoms with Crippen LogP contribution in [-0.4, -0.2) is 24.9 Å². The Kier molecular flexibility index (Phi) is 4.40. The fraction of sp³-hybridized carbons (Fsp3) is 1.00. The first-order valence-corrected chi connectivity index (χ1v) is 9.32. The molecule has 2 bridgehead atoms. The second-order valence-electron chi connectivity index (χ2n) is 8.05. The zero-order chi connectivity index (χ0) is 15.2. The van der Waals surface area contributed by atoms with Gasteiger partial charge >= 0.3 is 0 Å². The van der Waals surface area contributed by atoms with Gasteiger partial charge < -0.3 is 9.47 Å². The quantitative estimate of drug-likeness (QED) is 0.637. The third-order valence-electron chi connectivity index (χ3n) is 7.42. The van der Waals surface area contributed by atoms with Crippen molar-refractivity contribution in [3.8, 4) is 0 Å². The van der Waals surface area contributed by atoms with E-state index in [1.165, 1.54) is 32.1 Å². The van der Waals surface area contributed by atoms with Crippen LogP contribution in [0.5, 0.6) is 0 Å². The molecule has 6 unspecified atom stereocenters. The van der Waals surface area contributed by atoms with Crippen molar-refractivity contribution in [2.24, 2.45) is 29.1 Å². The SMILES string of the molecule is CCC(CC)(CC)COC1CC2CC1C(C1O[C@@H]1C)C2C. The first-order chi connectivity index (χ1) is 10.0. The van der Waals surface area contributed by atoms with Crippen LogP contribution < -0.4 is 0 Å². The van der Waals surface area contributed by atoms with E-state index < -0.39 is 0 Å². The average Bonchev–Trinajstić information content (AvgIpc) is 2.95. The van der Waals surface area contributed by atoms with E-state index in [1.54, 1.807) is 0 Å². The fourth-order valence-electron chi connectivity index (χ4n) is 5.29. The minimum absolute atomic E-state index is 0.409. The van der Waals surface area contributed by atoms with E-state index >= 15 is 0 Å². The molecule has 2 nitrogen and oxygen atoms in total. The first-order valence-electron chi connectivity index (χ1n) is 9.32. The monoisotopic (exact) mass is 294 g/mol. The Morgan fingerprint density at radius 3 is 2.14 bits per heavy atom. The molecule has 122 valence electrons. The highest BCUT2D eigenvalue weighted by Gasteiger charge is 2.58. The van der Waals surface area contributed by atoms with Gasteiger partial charge in [0.2, 0.25) is 0 Å². The lowest BCUT2D eigenvalue weighted by Crippen LogP contribution is -2.37. The molecule has 2 aliphatic carbocycles. The molecular weight excluding hydrogens is 260 g/mol. The van der Waals surface area contributed by atoms with Crippen LogP contribution in [0.4, 0.5) is 0 Å². The molecule has 1 heterocycles. The Balaban J connectivity index is 1.60. The zero-order valence-electron chi connectivity index (χ0n) is 14.6. The van der Waals surface area contributed by atoms with Gasteiger partial charge in [-0.25, -0.2) is 0 Å². The third kappa shape index (κ3) is 2.67. The van der Waals surface area contributed by atoms with Crippen molar-refractivity contribution in [1.29, 1.82) is 0 Å². The van der Waals surface area contributed by atoms with Crippen molar-refractivity contribution >= 4 is 0 Å². The second-order valence-corrected chi connectivity index (χ2v) is 8.05. The predicted octanol–water partition coefficient (Wildman–Crippen LogP) is 4.67. The highest BCUT2D eigenvalue weighted by Crippen LogP contribution is 2.57. The van der Waals surface area contributed by atoms with Gasteiger partial charge in [-0.05, 0) is 68.1 Å². The zero-order valence-corrected chi connectivity index (χ0v) is 14.6. The molecule has 0 aromatic heterocycles. The van der Waals surface area contributed by atoms with Crippen molar-refractivity contribution < 1.29 is 9.47 Å². The molecule has 0 radical (unpaired) electrons. The first kappa shape index (κ1) is 15.8. The maximum Gasteiger partial charge on any atom is 0.0873 e. The minimum Gasteiger partial charge on any atom is -0.377 e. The van der Waals surface area contributed by atoms with Crippen molar-refractivity contribution in [3.05, 3.63) is 0 Å². The Morgan fingerprint density at radius 2 is 1.67 bits per heavy atom. The van der Waals surface area contributed by atoms with Gasteiger partial charge in [0.1, 0.15) is 0 Å². The van der Waals surface area contributed by atoms with Gasteiger partial charge in [0, 0.05) is 0 Å². The van der Waals surface area contributed by atoms with Crippen LogP contribution in [0.3, 0.4) is 0 Å². The Labute approximate surface area is 131 Å². The smallest absolute Gasteiger partial charge is 0.0873 e. The number of ether oxygens (including phenoxy) is 2. The molecule has 2 saturated carbocycles. The highest BCUT2D eigenvalue weighted by molar-refractivity contribution is 5.06. The Bertz CT molecular complexity index is 354. The topological polar surface area (TPSA) is 21.8 Å². The van der Waals surface area contributed by atoms with Crippen LogP contribution in [0, 0.1) is 29.1 Å². The molecule has 7 atom stereocenters. The maximum absolute atomic E-state index is 6.51. The van der Waals surface area contributed by atoms with Gasteiger partial charge in [0.25, 0.3) is 0 Å². The van der Waals surface area contributed by atoms with Gasteiger partial charge in [0.15, 0.2) is 0 Å². The van der Waals surface area contributed by atoms with Crippen LogP contribution in [0.25, 0.3) is 0 Å². The lowest BCUT2D eigenvalue weighted by molar-refractivity contribution is -0.0604. The van der Waals surface area contributed by atoms with E-state index in [9.17, 15) is 0 Å². The summed E-state index contributed by atoms with van der Waals surface area (Å²) in [6, 6.07) is 0. The highest BCUT2D eigenvalue weighted by atomic mass is 16.6. The van der Waals surface area contributed by atoms with E-state index in [0.717, 1.165) is 30.3 Å². The van der Waals surface area contributed by atoms with Crippen molar-refractivity contribution in [2.75, 3.05) is 6.61 Å². The van der Waals surface area contributed by atoms with Crippen LogP contribution in [0.15, 0.2) is 0 Å². The molecule has 3 aliphatic rings. The predicted molar refractivity (Wildman–Crippen MR) is 86.2 cm³/mol. The molecule has 2 heteroatoms. The Hall–Kier alpha value is -0.0800. The lowest BCUT2D eigenvalue weighted by Gasteiger charge is -2.37. The van der Waals surface area contributed by atoms with Crippen LogP contribution in [0.1, 0.15) is 66.7 Å². The largest absolute Gasteiger partial charge is 0.377 e. The number of rotatable bonds is 7. The van der Waals surface area contributed by atoms with E-state index in [1.807, 2.05) is 0 Å². The van der Waals surface area contributed by atoms with Crippen LogP contribution in [-0.2, 0) is 9.47 Å². The molecule has 0 N–H and O–H groups in total. The second kappa shape index (κ2) is 5.85. The minimum atomic E-state index is 0.409. The summed E-state index contributed by atoms with van der Waals surface area (Å²) >= 11 is 0. The summed E-state index contributed by atoms with van der Waals surface area (Å²) in [5.74, 6) is 3.27. The summed E-state index contributed by atoms with van der Waals surface area (Å²) in [7, 11) is 0. The van der Waals surface area contributed by atoms with Crippen LogP contribution >= 0.6 is 0 Å². The summed E-state index contributed by atoms with van der Waals surface area (Å²) in [5.41, 5.74) is 0.409. The number of hydrogen-bond donors (Lipinski definition) is 0. The van der Waals surface area contributed by atoms with Crippen molar-refractivity contribution in [1.82, 2.24) is 0 Å².